The van der Waals surface area contributed by atoms with E-state index in [9.17, 15) is 4.39 Å². The van der Waals surface area contributed by atoms with E-state index in [0.29, 0.717) is 11.1 Å². The molecule has 0 amide bonds. The molecular formula is C14H6ClFN4O. The molecule has 7 heteroatoms. The van der Waals surface area contributed by atoms with Gasteiger partial charge in [0, 0.05) is 17.3 Å². The third-order valence-corrected chi connectivity index (χ3v) is 3.01. The van der Waals surface area contributed by atoms with E-state index in [4.69, 9.17) is 21.4 Å². The number of pyridine rings is 1. The first-order valence-corrected chi connectivity index (χ1v) is 6.21. The standard InChI is InChI=1S/C14H6ClFN4O/c15-11-6-8(1-2-12(11)16)13-19-14(21-20-13)9-3-4-18-10(5-9)7-17/h1-6H. The smallest absolute Gasteiger partial charge is 0.258 e. The minimum Gasteiger partial charge on any atom is -0.334 e. The lowest BCUT2D eigenvalue weighted by molar-refractivity contribution is 0.432. The number of aromatic nitrogens is 3. The molecule has 0 fully saturated rings. The zero-order valence-corrected chi connectivity index (χ0v) is 11.2. The van der Waals surface area contributed by atoms with E-state index in [0.717, 1.165) is 0 Å². The molecule has 2 aromatic heterocycles. The number of rotatable bonds is 2. The average Bonchev–Trinajstić information content (AvgIpc) is 3.00. The Morgan fingerprint density at radius 2 is 2.05 bits per heavy atom. The van der Waals surface area contributed by atoms with Gasteiger partial charge in [-0.05, 0) is 30.3 Å². The summed E-state index contributed by atoms with van der Waals surface area (Å²) in [5.74, 6) is 0.00324. The Balaban J connectivity index is 1.99. The van der Waals surface area contributed by atoms with Gasteiger partial charge in [-0.2, -0.15) is 10.2 Å². The second-order valence-corrected chi connectivity index (χ2v) is 4.50. The highest BCUT2D eigenvalue weighted by atomic mass is 35.5. The minimum atomic E-state index is -0.517. The SMILES string of the molecule is N#Cc1cc(-c2nc(-c3ccc(F)c(Cl)c3)no2)ccn1. The van der Waals surface area contributed by atoms with E-state index in [1.54, 1.807) is 6.07 Å². The summed E-state index contributed by atoms with van der Waals surface area (Å²) in [7, 11) is 0. The van der Waals surface area contributed by atoms with Crippen molar-refractivity contribution in [3.8, 4) is 28.9 Å². The Morgan fingerprint density at radius 1 is 1.19 bits per heavy atom. The fraction of sp³-hybridized carbons (Fsp3) is 0. The van der Waals surface area contributed by atoms with Gasteiger partial charge in [0.05, 0.1) is 5.02 Å². The molecule has 0 spiro atoms. The normalized spacial score (nSPS) is 10.3. The Bertz CT molecular complexity index is 856. The van der Waals surface area contributed by atoms with Gasteiger partial charge in [0.25, 0.3) is 5.89 Å². The summed E-state index contributed by atoms with van der Waals surface area (Å²) in [5, 5.41) is 12.6. The average molecular weight is 301 g/mol. The van der Waals surface area contributed by atoms with Crippen LogP contribution in [0.3, 0.4) is 0 Å². The van der Waals surface area contributed by atoms with Crippen molar-refractivity contribution in [2.24, 2.45) is 0 Å². The molecule has 0 radical (unpaired) electrons. The number of hydrogen-bond donors (Lipinski definition) is 0. The van der Waals surface area contributed by atoms with Crippen LogP contribution >= 0.6 is 11.6 Å². The highest BCUT2D eigenvalue weighted by Gasteiger charge is 2.12. The van der Waals surface area contributed by atoms with Gasteiger partial charge < -0.3 is 4.52 Å². The third-order valence-electron chi connectivity index (χ3n) is 2.73. The second-order valence-electron chi connectivity index (χ2n) is 4.09. The Morgan fingerprint density at radius 3 is 2.81 bits per heavy atom. The lowest BCUT2D eigenvalue weighted by Crippen LogP contribution is -1.85. The van der Waals surface area contributed by atoms with Crippen LogP contribution < -0.4 is 0 Å². The third kappa shape index (κ3) is 2.59. The van der Waals surface area contributed by atoms with Crippen LogP contribution in [-0.2, 0) is 0 Å². The van der Waals surface area contributed by atoms with Gasteiger partial charge in [0.2, 0.25) is 5.82 Å². The van der Waals surface area contributed by atoms with Gasteiger partial charge >= 0.3 is 0 Å². The van der Waals surface area contributed by atoms with Crippen LogP contribution in [0, 0.1) is 17.1 Å². The zero-order chi connectivity index (χ0) is 14.8. The van der Waals surface area contributed by atoms with Crippen LogP contribution in [0.5, 0.6) is 0 Å². The molecule has 5 nitrogen and oxygen atoms in total. The number of halogens is 2. The Labute approximate surface area is 123 Å². The van der Waals surface area contributed by atoms with Crippen LogP contribution in [-0.4, -0.2) is 15.1 Å². The van der Waals surface area contributed by atoms with Crippen molar-refractivity contribution in [3.63, 3.8) is 0 Å². The first-order chi connectivity index (χ1) is 10.2. The monoisotopic (exact) mass is 300 g/mol. The summed E-state index contributed by atoms with van der Waals surface area (Å²) < 4.78 is 18.3. The first-order valence-electron chi connectivity index (χ1n) is 5.83. The molecule has 102 valence electrons. The summed E-state index contributed by atoms with van der Waals surface area (Å²) in [6, 6.07) is 9.26. The molecular weight excluding hydrogens is 295 g/mol. The molecule has 0 saturated heterocycles. The first kappa shape index (κ1) is 13.2. The van der Waals surface area contributed by atoms with Gasteiger partial charge in [-0.15, -0.1) is 0 Å². The van der Waals surface area contributed by atoms with E-state index in [-0.39, 0.29) is 22.4 Å². The molecule has 2 heterocycles. The van der Waals surface area contributed by atoms with Gasteiger partial charge in [-0.3, -0.25) is 0 Å². The summed E-state index contributed by atoms with van der Waals surface area (Å²) in [5.41, 5.74) is 1.36. The quantitative estimate of drug-likeness (QED) is 0.724. The lowest BCUT2D eigenvalue weighted by atomic mass is 10.2. The number of hydrogen-bond acceptors (Lipinski definition) is 5. The molecule has 3 rings (SSSR count). The molecule has 0 aliphatic rings. The van der Waals surface area contributed by atoms with Crippen LogP contribution in [0.1, 0.15) is 5.69 Å². The zero-order valence-electron chi connectivity index (χ0n) is 10.4. The summed E-state index contributed by atoms with van der Waals surface area (Å²) in [4.78, 5) is 8.06. The maximum atomic E-state index is 13.1. The maximum Gasteiger partial charge on any atom is 0.258 e. The predicted molar refractivity (Wildman–Crippen MR) is 72.6 cm³/mol. The number of nitrogens with zero attached hydrogens (tertiary/aromatic N) is 4. The van der Waals surface area contributed by atoms with Crippen molar-refractivity contribution >= 4 is 11.6 Å². The molecule has 0 atom stereocenters. The molecule has 0 unspecified atom stereocenters. The molecule has 0 bridgehead atoms. The highest BCUT2D eigenvalue weighted by Crippen LogP contribution is 2.25. The van der Waals surface area contributed by atoms with Crippen molar-refractivity contribution in [1.29, 1.82) is 5.26 Å². The van der Waals surface area contributed by atoms with E-state index in [1.165, 1.54) is 30.5 Å². The molecule has 0 N–H and O–H groups in total. The number of nitriles is 1. The van der Waals surface area contributed by atoms with Crippen molar-refractivity contribution in [3.05, 3.63) is 53.1 Å². The lowest BCUT2D eigenvalue weighted by Gasteiger charge is -1.96. The van der Waals surface area contributed by atoms with Crippen LogP contribution in [0.4, 0.5) is 4.39 Å². The van der Waals surface area contributed by atoms with Gasteiger partial charge in [0.15, 0.2) is 0 Å². The van der Waals surface area contributed by atoms with E-state index >= 15 is 0 Å². The van der Waals surface area contributed by atoms with Crippen molar-refractivity contribution in [1.82, 2.24) is 15.1 Å². The topological polar surface area (TPSA) is 75.6 Å². The Kier molecular flexibility index (Phi) is 3.34. The molecule has 0 aliphatic carbocycles. The minimum absolute atomic E-state index is 0.0190. The molecule has 21 heavy (non-hydrogen) atoms. The fourth-order valence-electron chi connectivity index (χ4n) is 1.72. The van der Waals surface area contributed by atoms with Crippen molar-refractivity contribution in [2.75, 3.05) is 0 Å². The summed E-state index contributed by atoms with van der Waals surface area (Å²) in [6.07, 6.45) is 1.48. The predicted octanol–water partition coefficient (Wildman–Crippen LogP) is 3.46. The summed E-state index contributed by atoms with van der Waals surface area (Å²) >= 11 is 5.72. The van der Waals surface area contributed by atoms with Crippen molar-refractivity contribution in [2.45, 2.75) is 0 Å². The molecule has 1 aromatic carbocycles. The van der Waals surface area contributed by atoms with E-state index < -0.39 is 5.82 Å². The van der Waals surface area contributed by atoms with Crippen molar-refractivity contribution < 1.29 is 8.91 Å². The van der Waals surface area contributed by atoms with E-state index in [2.05, 4.69) is 15.1 Å². The Hall–Kier alpha value is -2.78. The maximum absolute atomic E-state index is 13.1. The van der Waals surface area contributed by atoms with Gasteiger partial charge in [-0.1, -0.05) is 16.8 Å². The van der Waals surface area contributed by atoms with E-state index in [1.807, 2.05) is 6.07 Å². The molecule has 0 saturated carbocycles. The molecule has 3 aromatic rings. The van der Waals surface area contributed by atoms with Crippen LogP contribution in [0.15, 0.2) is 41.1 Å². The fourth-order valence-corrected chi connectivity index (χ4v) is 1.90. The molecule has 0 aliphatic heterocycles. The van der Waals surface area contributed by atoms with Gasteiger partial charge in [0.1, 0.15) is 17.6 Å². The second kappa shape index (κ2) is 5.31. The largest absolute Gasteiger partial charge is 0.334 e. The van der Waals surface area contributed by atoms with Crippen LogP contribution in [0.25, 0.3) is 22.8 Å². The highest BCUT2D eigenvalue weighted by molar-refractivity contribution is 6.31. The van der Waals surface area contributed by atoms with Crippen LogP contribution in [0.2, 0.25) is 5.02 Å². The summed E-state index contributed by atoms with van der Waals surface area (Å²) in [6.45, 7) is 0. The van der Waals surface area contributed by atoms with Gasteiger partial charge in [-0.25, -0.2) is 9.37 Å². The number of benzene rings is 1.